The molecular weight excluding hydrogens is 578 g/mol. The Morgan fingerprint density at radius 3 is 2.47 bits per heavy atom. The Kier molecular flexibility index (Phi) is 7.63. The molecule has 0 spiro atoms. The fraction of sp³-hybridized carbons (Fsp3) is 0.265. The number of amides is 1. The van der Waals surface area contributed by atoms with Crippen LogP contribution in [-0.4, -0.2) is 43.0 Å². The first-order chi connectivity index (χ1) is 21.1. The van der Waals surface area contributed by atoms with Gasteiger partial charge in [0.1, 0.15) is 22.8 Å². The molecule has 0 saturated carbocycles. The Labute approximate surface area is 257 Å². The molecule has 1 atom stereocenters. The average molecular weight is 610 g/mol. The number of aromatic amines is 1. The summed E-state index contributed by atoms with van der Waals surface area (Å²) < 4.78 is 7.15. The Balaban J connectivity index is 1.49. The molecule has 3 aromatic rings. The first-order valence-electron chi connectivity index (χ1n) is 14.1. The standard InChI is InChI=1S/C34H31N3O8/c1-33(2,13-12-19-17-37(5)32(44)35-29(19)40)34(3,4)36-30(41)18-6-9-22(25(14-18)31(42)43)28-23-10-7-20(38)15-26(23)45-27-16-21(39)8-11-24(27)28/h6-11,14-15,17,28,38H,16H2,1-5H3,(H,36,41)(H,42,43)(H,35,40,44). The van der Waals surface area contributed by atoms with Crippen molar-refractivity contribution in [3.05, 3.63) is 115 Å². The van der Waals surface area contributed by atoms with Crippen molar-refractivity contribution in [3.63, 3.8) is 0 Å². The van der Waals surface area contributed by atoms with E-state index in [1.165, 1.54) is 48.2 Å². The average Bonchev–Trinajstić information content (AvgIpc) is 2.96. The lowest BCUT2D eigenvalue weighted by atomic mass is 9.74. The number of allylic oxidation sites excluding steroid dienone is 4. The highest BCUT2D eigenvalue weighted by Crippen LogP contribution is 2.47. The minimum atomic E-state index is -1.25. The number of carbonyl (C=O) groups excluding carboxylic acids is 2. The molecule has 1 amide bonds. The van der Waals surface area contributed by atoms with Crippen molar-refractivity contribution >= 4 is 17.7 Å². The molecule has 0 bridgehead atoms. The molecule has 0 saturated heterocycles. The topological polar surface area (TPSA) is 168 Å². The number of carboxylic acid groups (broad SMARTS) is 1. The number of phenols is 1. The van der Waals surface area contributed by atoms with Crippen LogP contribution in [0.15, 0.2) is 75.7 Å². The van der Waals surface area contributed by atoms with Gasteiger partial charge in [-0.15, -0.1) is 0 Å². The third kappa shape index (κ3) is 5.82. The van der Waals surface area contributed by atoms with Crippen molar-refractivity contribution in [1.29, 1.82) is 0 Å². The van der Waals surface area contributed by atoms with Crippen LogP contribution < -0.4 is 21.3 Å². The Bertz CT molecular complexity index is 2030. The number of hydrogen-bond acceptors (Lipinski definition) is 7. The molecule has 1 aliphatic heterocycles. The maximum Gasteiger partial charge on any atom is 0.336 e. The van der Waals surface area contributed by atoms with Crippen LogP contribution in [0.3, 0.4) is 0 Å². The number of carbonyl (C=O) groups is 3. The largest absolute Gasteiger partial charge is 0.508 e. The van der Waals surface area contributed by atoms with Gasteiger partial charge in [0.2, 0.25) is 0 Å². The maximum atomic E-state index is 13.5. The van der Waals surface area contributed by atoms with Gasteiger partial charge in [0, 0.05) is 47.3 Å². The van der Waals surface area contributed by atoms with E-state index in [4.69, 9.17) is 4.74 Å². The van der Waals surface area contributed by atoms with E-state index in [1.807, 2.05) is 0 Å². The van der Waals surface area contributed by atoms with Crippen molar-refractivity contribution in [2.75, 3.05) is 0 Å². The van der Waals surface area contributed by atoms with E-state index in [9.17, 15) is 34.2 Å². The van der Waals surface area contributed by atoms with Crippen LogP contribution in [0, 0.1) is 17.3 Å². The van der Waals surface area contributed by atoms with Gasteiger partial charge in [-0.2, -0.15) is 0 Å². The second-order valence-corrected chi connectivity index (χ2v) is 12.1. The smallest absolute Gasteiger partial charge is 0.336 e. The molecular formula is C34H31N3O8. The van der Waals surface area contributed by atoms with Crippen LogP contribution in [-0.2, 0) is 11.8 Å². The number of aryl methyl sites for hydroxylation is 1. The highest BCUT2D eigenvalue weighted by Gasteiger charge is 2.38. The molecule has 4 N–H and O–H groups in total. The van der Waals surface area contributed by atoms with Crippen LogP contribution in [0.5, 0.6) is 11.5 Å². The molecule has 0 fully saturated rings. The van der Waals surface area contributed by atoms with Crippen LogP contribution in [0.1, 0.15) is 77.4 Å². The van der Waals surface area contributed by atoms with Crippen molar-refractivity contribution in [3.8, 4) is 23.3 Å². The van der Waals surface area contributed by atoms with Gasteiger partial charge in [-0.05, 0) is 57.5 Å². The van der Waals surface area contributed by atoms with E-state index in [-0.39, 0.29) is 34.6 Å². The predicted octanol–water partition coefficient (Wildman–Crippen LogP) is 3.37. The number of benzene rings is 2. The van der Waals surface area contributed by atoms with Crippen LogP contribution >= 0.6 is 0 Å². The number of aromatic hydroxyl groups is 1. The van der Waals surface area contributed by atoms with Gasteiger partial charge in [0.05, 0.1) is 17.5 Å². The zero-order chi connectivity index (χ0) is 32.8. The number of ether oxygens (including phenoxy) is 1. The van der Waals surface area contributed by atoms with Gasteiger partial charge in [-0.3, -0.25) is 19.4 Å². The number of aromatic carboxylic acids is 1. The predicted molar refractivity (Wildman–Crippen MR) is 164 cm³/mol. The molecule has 2 aromatic carbocycles. The zero-order valence-corrected chi connectivity index (χ0v) is 25.3. The van der Waals surface area contributed by atoms with Crippen molar-refractivity contribution < 1.29 is 29.3 Å². The molecule has 1 unspecified atom stereocenters. The molecule has 0 radical (unpaired) electrons. The summed E-state index contributed by atoms with van der Waals surface area (Å²) in [6.45, 7) is 7.10. The normalized spacial score (nSPS) is 15.8. The third-order valence-corrected chi connectivity index (χ3v) is 8.42. The van der Waals surface area contributed by atoms with Gasteiger partial charge >= 0.3 is 11.7 Å². The lowest BCUT2D eigenvalue weighted by Crippen LogP contribution is -2.53. The molecule has 11 nitrogen and oxygen atoms in total. The number of ketones is 1. The summed E-state index contributed by atoms with van der Waals surface area (Å²) in [7, 11) is 1.49. The van der Waals surface area contributed by atoms with Crippen molar-refractivity contribution in [1.82, 2.24) is 14.9 Å². The fourth-order valence-electron chi connectivity index (χ4n) is 5.11. The quantitative estimate of drug-likeness (QED) is 0.320. The number of nitrogens with zero attached hydrogens (tertiary/aromatic N) is 1. The van der Waals surface area contributed by atoms with Crippen LogP contribution in [0.25, 0.3) is 0 Å². The Hall–Kier alpha value is -5.63. The number of carboxylic acids is 1. The molecule has 2 heterocycles. The summed E-state index contributed by atoms with van der Waals surface area (Å²) >= 11 is 0. The van der Waals surface area contributed by atoms with Gasteiger partial charge in [-0.25, -0.2) is 9.59 Å². The maximum absolute atomic E-state index is 13.5. The van der Waals surface area contributed by atoms with Crippen molar-refractivity contribution in [2.45, 2.75) is 45.6 Å². The van der Waals surface area contributed by atoms with Crippen LogP contribution in [0.4, 0.5) is 0 Å². The monoisotopic (exact) mass is 609 g/mol. The molecule has 1 aromatic heterocycles. The number of rotatable bonds is 5. The molecule has 2 aliphatic rings. The third-order valence-electron chi connectivity index (χ3n) is 8.42. The lowest BCUT2D eigenvalue weighted by Gasteiger charge is -2.38. The molecule has 230 valence electrons. The van der Waals surface area contributed by atoms with E-state index in [1.54, 1.807) is 45.9 Å². The Morgan fingerprint density at radius 2 is 1.76 bits per heavy atom. The fourth-order valence-corrected chi connectivity index (χ4v) is 5.11. The van der Waals surface area contributed by atoms with Crippen LogP contribution in [0.2, 0.25) is 0 Å². The molecule has 5 rings (SSSR count). The second-order valence-electron chi connectivity index (χ2n) is 12.1. The summed E-state index contributed by atoms with van der Waals surface area (Å²) in [4.78, 5) is 64.3. The van der Waals surface area contributed by atoms with E-state index >= 15 is 0 Å². The van der Waals surface area contributed by atoms with Gasteiger partial charge in [-0.1, -0.05) is 30.0 Å². The molecule has 45 heavy (non-hydrogen) atoms. The zero-order valence-electron chi connectivity index (χ0n) is 25.3. The van der Waals surface area contributed by atoms with E-state index in [0.29, 0.717) is 28.2 Å². The van der Waals surface area contributed by atoms with Gasteiger partial charge in [0.25, 0.3) is 11.5 Å². The highest BCUT2D eigenvalue weighted by atomic mass is 16.5. The number of hydrogen-bond donors (Lipinski definition) is 4. The minimum absolute atomic E-state index is 0.00906. The number of nitrogens with one attached hydrogen (secondary N) is 2. The second kappa shape index (κ2) is 11.1. The molecule has 11 heteroatoms. The van der Waals surface area contributed by atoms with E-state index in [0.717, 1.165) is 0 Å². The molecule has 1 aliphatic carbocycles. The summed E-state index contributed by atoms with van der Waals surface area (Å²) in [6, 6.07) is 8.94. The van der Waals surface area contributed by atoms with Gasteiger partial charge < -0.3 is 24.8 Å². The first-order valence-corrected chi connectivity index (χ1v) is 14.1. The Morgan fingerprint density at radius 1 is 1.04 bits per heavy atom. The summed E-state index contributed by atoms with van der Waals surface area (Å²) in [5, 5.41) is 23.3. The minimum Gasteiger partial charge on any atom is -0.508 e. The summed E-state index contributed by atoms with van der Waals surface area (Å²) in [5.41, 5.74) is -1.35. The number of fused-ring (bicyclic) bond motifs is 1. The number of phenolic OH excluding ortho intramolecular Hbond substituents is 1. The highest BCUT2D eigenvalue weighted by molar-refractivity contribution is 5.99. The SMILES string of the molecule is Cn1cc(C#CC(C)(C)C(C)(C)NC(=O)c2ccc(C3C4=C(CC(=O)C=C4)Oc4cc(O)ccc43)c(C(=O)O)c2)c(=O)[nH]c1=O. The van der Waals surface area contributed by atoms with E-state index in [2.05, 4.69) is 22.1 Å². The number of H-pyrrole nitrogens is 1. The summed E-state index contributed by atoms with van der Waals surface area (Å²) in [6.07, 6.45) is 4.36. The van der Waals surface area contributed by atoms with Gasteiger partial charge in [0.15, 0.2) is 5.78 Å². The van der Waals surface area contributed by atoms with E-state index < -0.39 is 40.0 Å². The first kappa shape index (κ1) is 30.8. The lowest BCUT2D eigenvalue weighted by molar-refractivity contribution is -0.114. The van der Waals surface area contributed by atoms with Crippen molar-refractivity contribution in [2.24, 2.45) is 12.5 Å². The number of aromatic nitrogens is 2. The summed E-state index contributed by atoms with van der Waals surface area (Å²) in [5.74, 6) is 3.87.